The standard InChI is InChI=1S/C11H12ClNO3/c1-11(2)6-4-9(15-3)7(12)5-8(6)13-10(14)16-11/h4-5H,1-3H3,(H,13,14). The van der Waals surface area contributed by atoms with Crippen LogP contribution >= 0.6 is 11.6 Å². The second-order valence-electron chi connectivity index (χ2n) is 4.06. The fourth-order valence-electron chi connectivity index (χ4n) is 1.73. The molecule has 0 saturated heterocycles. The summed E-state index contributed by atoms with van der Waals surface area (Å²) < 4.78 is 10.3. The molecule has 0 bridgehead atoms. The highest BCUT2D eigenvalue weighted by Gasteiger charge is 2.34. The molecule has 1 aliphatic rings. The molecule has 16 heavy (non-hydrogen) atoms. The zero-order valence-corrected chi connectivity index (χ0v) is 10.0. The van der Waals surface area contributed by atoms with E-state index in [1.54, 1.807) is 19.2 Å². The van der Waals surface area contributed by atoms with Gasteiger partial charge in [-0.15, -0.1) is 0 Å². The fraction of sp³-hybridized carbons (Fsp3) is 0.364. The van der Waals surface area contributed by atoms with Crippen molar-refractivity contribution in [3.05, 3.63) is 22.7 Å². The van der Waals surface area contributed by atoms with Gasteiger partial charge >= 0.3 is 6.09 Å². The first-order chi connectivity index (χ1) is 7.44. The van der Waals surface area contributed by atoms with Crippen LogP contribution in [0.1, 0.15) is 19.4 Å². The zero-order chi connectivity index (χ0) is 11.9. The minimum absolute atomic E-state index is 0.458. The van der Waals surface area contributed by atoms with Crippen LogP contribution in [0.2, 0.25) is 5.02 Å². The van der Waals surface area contributed by atoms with E-state index in [9.17, 15) is 4.79 Å². The van der Waals surface area contributed by atoms with E-state index in [1.807, 2.05) is 13.8 Å². The fourth-order valence-corrected chi connectivity index (χ4v) is 1.97. The van der Waals surface area contributed by atoms with Crippen molar-refractivity contribution >= 4 is 23.4 Å². The highest BCUT2D eigenvalue weighted by atomic mass is 35.5. The first kappa shape index (κ1) is 11.1. The molecule has 0 saturated carbocycles. The number of rotatable bonds is 1. The van der Waals surface area contributed by atoms with Crippen LogP contribution in [0.15, 0.2) is 12.1 Å². The molecule has 1 amide bonds. The van der Waals surface area contributed by atoms with E-state index in [0.717, 1.165) is 5.56 Å². The molecule has 0 radical (unpaired) electrons. The van der Waals surface area contributed by atoms with Crippen LogP contribution in [0.4, 0.5) is 10.5 Å². The van der Waals surface area contributed by atoms with Crippen molar-refractivity contribution < 1.29 is 14.3 Å². The molecule has 0 unspecified atom stereocenters. The van der Waals surface area contributed by atoms with E-state index in [0.29, 0.717) is 16.5 Å². The Morgan fingerprint density at radius 3 is 2.75 bits per heavy atom. The monoisotopic (exact) mass is 241 g/mol. The third-order valence-corrected chi connectivity index (χ3v) is 2.82. The van der Waals surface area contributed by atoms with Gasteiger partial charge in [-0.3, -0.25) is 5.32 Å². The number of ether oxygens (including phenoxy) is 2. The van der Waals surface area contributed by atoms with Crippen molar-refractivity contribution in [3.8, 4) is 5.75 Å². The Morgan fingerprint density at radius 1 is 1.44 bits per heavy atom. The van der Waals surface area contributed by atoms with E-state index in [4.69, 9.17) is 21.1 Å². The topological polar surface area (TPSA) is 47.6 Å². The highest BCUT2D eigenvalue weighted by molar-refractivity contribution is 6.32. The smallest absolute Gasteiger partial charge is 0.412 e. The summed E-state index contributed by atoms with van der Waals surface area (Å²) in [7, 11) is 1.54. The first-order valence-corrected chi connectivity index (χ1v) is 5.20. The summed E-state index contributed by atoms with van der Waals surface area (Å²) >= 11 is 5.99. The second-order valence-corrected chi connectivity index (χ2v) is 4.46. The molecule has 4 nitrogen and oxygen atoms in total. The molecule has 1 heterocycles. The van der Waals surface area contributed by atoms with E-state index in [2.05, 4.69) is 5.32 Å². The Kier molecular flexibility index (Phi) is 2.46. The van der Waals surface area contributed by atoms with Gasteiger partial charge in [-0.1, -0.05) is 11.6 Å². The van der Waals surface area contributed by atoms with Crippen molar-refractivity contribution in [2.24, 2.45) is 0 Å². The molecule has 0 aliphatic carbocycles. The Labute approximate surface area is 98.5 Å². The number of anilines is 1. The summed E-state index contributed by atoms with van der Waals surface area (Å²) in [5.41, 5.74) is 0.815. The molecule has 5 heteroatoms. The minimum atomic E-state index is -0.685. The number of hydrogen-bond donors (Lipinski definition) is 1. The molecule has 2 rings (SSSR count). The Balaban J connectivity index is 2.60. The molecule has 0 atom stereocenters. The predicted molar refractivity (Wildman–Crippen MR) is 61.1 cm³/mol. The first-order valence-electron chi connectivity index (χ1n) is 4.82. The summed E-state index contributed by atoms with van der Waals surface area (Å²) in [6, 6.07) is 3.44. The summed E-state index contributed by atoms with van der Waals surface area (Å²) in [5, 5.41) is 3.06. The number of nitrogens with one attached hydrogen (secondary N) is 1. The van der Waals surface area contributed by atoms with Crippen LogP contribution in [0.5, 0.6) is 5.75 Å². The van der Waals surface area contributed by atoms with Gasteiger partial charge in [0.05, 0.1) is 17.8 Å². The number of carbonyl (C=O) groups is 1. The minimum Gasteiger partial charge on any atom is -0.495 e. The van der Waals surface area contributed by atoms with Gasteiger partial charge in [-0.2, -0.15) is 0 Å². The quantitative estimate of drug-likeness (QED) is 0.822. The lowest BCUT2D eigenvalue weighted by Gasteiger charge is -2.32. The molecule has 1 aromatic rings. The summed E-state index contributed by atoms with van der Waals surface area (Å²) in [6.07, 6.45) is -0.473. The predicted octanol–water partition coefficient (Wildman–Crippen LogP) is 3.15. The summed E-state index contributed by atoms with van der Waals surface area (Å²) in [5.74, 6) is 0.563. The number of hydrogen-bond acceptors (Lipinski definition) is 3. The van der Waals surface area contributed by atoms with Gasteiger partial charge in [0, 0.05) is 5.56 Å². The molecule has 0 aromatic heterocycles. The van der Waals surface area contributed by atoms with E-state index < -0.39 is 11.7 Å². The maximum Gasteiger partial charge on any atom is 0.412 e. The number of amides is 1. The average molecular weight is 242 g/mol. The van der Waals surface area contributed by atoms with Gasteiger partial charge in [0.2, 0.25) is 0 Å². The van der Waals surface area contributed by atoms with Crippen molar-refractivity contribution in [2.45, 2.75) is 19.4 Å². The van der Waals surface area contributed by atoms with E-state index in [-0.39, 0.29) is 0 Å². The molecule has 0 spiro atoms. The average Bonchev–Trinajstić information content (AvgIpc) is 2.15. The number of carbonyl (C=O) groups excluding carboxylic acids is 1. The summed E-state index contributed by atoms with van der Waals surface area (Å²) in [4.78, 5) is 11.3. The molecule has 1 aliphatic heterocycles. The highest BCUT2D eigenvalue weighted by Crippen LogP contribution is 2.40. The van der Waals surface area contributed by atoms with Crippen molar-refractivity contribution in [1.82, 2.24) is 0 Å². The van der Waals surface area contributed by atoms with Gasteiger partial charge in [-0.05, 0) is 26.0 Å². The van der Waals surface area contributed by atoms with Gasteiger partial charge in [0.25, 0.3) is 0 Å². The van der Waals surface area contributed by atoms with Crippen LogP contribution in [0.25, 0.3) is 0 Å². The maximum absolute atomic E-state index is 11.3. The molecule has 0 fully saturated rings. The third-order valence-electron chi connectivity index (χ3n) is 2.53. The van der Waals surface area contributed by atoms with Crippen LogP contribution in [0, 0.1) is 0 Å². The molecule has 1 N–H and O–H groups in total. The largest absolute Gasteiger partial charge is 0.495 e. The number of cyclic esters (lactones) is 1. The maximum atomic E-state index is 11.3. The number of halogens is 1. The molecular weight excluding hydrogens is 230 g/mol. The van der Waals surface area contributed by atoms with E-state index >= 15 is 0 Å². The Hall–Kier alpha value is -1.42. The normalized spacial score (nSPS) is 17.1. The molecule has 86 valence electrons. The number of fused-ring (bicyclic) bond motifs is 1. The second kappa shape index (κ2) is 3.56. The lowest BCUT2D eigenvalue weighted by atomic mass is 9.94. The van der Waals surface area contributed by atoms with Crippen LogP contribution in [-0.2, 0) is 10.3 Å². The van der Waals surface area contributed by atoms with Crippen molar-refractivity contribution in [2.75, 3.05) is 12.4 Å². The zero-order valence-electron chi connectivity index (χ0n) is 9.26. The van der Waals surface area contributed by atoms with Gasteiger partial charge in [-0.25, -0.2) is 4.79 Å². The van der Waals surface area contributed by atoms with Crippen LogP contribution < -0.4 is 10.1 Å². The van der Waals surface area contributed by atoms with Crippen molar-refractivity contribution in [3.63, 3.8) is 0 Å². The lowest BCUT2D eigenvalue weighted by molar-refractivity contribution is 0.0419. The number of methoxy groups -OCH3 is 1. The van der Waals surface area contributed by atoms with Gasteiger partial charge in [0.1, 0.15) is 11.4 Å². The lowest BCUT2D eigenvalue weighted by Crippen LogP contribution is -2.34. The third kappa shape index (κ3) is 1.69. The van der Waals surface area contributed by atoms with Crippen LogP contribution in [0.3, 0.4) is 0 Å². The Bertz CT molecular complexity index is 457. The Morgan fingerprint density at radius 2 is 2.12 bits per heavy atom. The molecule has 1 aromatic carbocycles. The van der Waals surface area contributed by atoms with E-state index in [1.165, 1.54) is 0 Å². The van der Waals surface area contributed by atoms with Crippen molar-refractivity contribution in [1.29, 1.82) is 0 Å². The SMILES string of the molecule is COc1cc2c(cc1Cl)NC(=O)OC2(C)C. The van der Waals surface area contributed by atoms with Gasteiger partial charge in [0.15, 0.2) is 0 Å². The van der Waals surface area contributed by atoms with Gasteiger partial charge < -0.3 is 9.47 Å². The van der Waals surface area contributed by atoms with Crippen LogP contribution in [-0.4, -0.2) is 13.2 Å². The number of benzene rings is 1. The molecular formula is C11H12ClNO3. The summed E-state index contributed by atoms with van der Waals surface area (Å²) in [6.45, 7) is 3.63.